The average Bonchev–Trinajstić information content (AvgIpc) is 3.36. The number of ether oxygens (including phenoxy) is 4. The molecule has 2 atom stereocenters. The summed E-state index contributed by atoms with van der Waals surface area (Å²) in [5.41, 5.74) is -3.39. The fourth-order valence-corrected chi connectivity index (χ4v) is 4.11. The lowest BCUT2D eigenvalue weighted by Crippen LogP contribution is -2.37. The molecular weight excluding hydrogens is 581 g/mol. The molecule has 18 heteroatoms. The number of hydrogen-bond donors (Lipinski definition) is 2. The molecule has 236 valence electrons. The molecule has 0 radical (unpaired) electrons. The number of nitrogens with zero attached hydrogens (tertiary/aromatic N) is 4. The number of aromatic amines is 1. The van der Waals surface area contributed by atoms with Crippen molar-refractivity contribution in [1.29, 1.82) is 0 Å². The van der Waals surface area contributed by atoms with Gasteiger partial charge in [-0.25, -0.2) is 9.48 Å². The van der Waals surface area contributed by atoms with Crippen LogP contribution in [0.4, 0.5) is 0 Å². The van der Waals surface area contributed by atoms with Crippen molar-refractivity contribution in [2.75, 3.05) is 33.9 Å². The van der Waals surface area contributed by atoms with Crippen molar-refractivity contribution in [3.63, 3.8) is 0 Å². The minimum absolute atomic E-state index is 0.109. The Morgan fingerprint density at radius 3 is 2.10 bits per heavy atom. The van der Waals surface area contributed by atoms with E-state index in [0.29, 0.717) is 0 Å². The molecule has 0 saturated carbocycles. The molecule has 0 spiro atoms. The van der Waals surface area contributed by atoms with Crippen LogP contribution in [0.1, 0.15) is 47.8 Å². The molecule has 0 amide bonds. The topological polar surface area (TPSA) is 212 Å². The van der Waals surface area contributed by atoms with Gasteiger partial charge < -0.3 is 24.1 Å². The number of aromatic nitrogens is 5. The Balaban J connectivity index is 2.22. The van der Waals surface area contributed by atoms with Crippen molar-refractivity contribution in [2.45, 2.75) is 60.4 Å². The van der Waals surface area contributed by atoms with E-state index in [2.05, 4.69) is 15.3 Å². The van der Waals surface area contributed by atoms with Crippen molar-refractivity contribution >= 4 is 25.0 Å². The van der Waals surface area contributed by atoms with Gasteiger partial charge in [-0.05, 0) is 41.5 Å². The summed E-state index contributed by atoms with van der Waals surface area (Å²) in [7, 11) is -2.99. The normalized spacial score (nSPS) is 13.9. The summed E-state index contributed by atoms with van der Waals surface area (Å²) in [5.74, 6) is -1.26. The maximum atomic E-state index is 13.7. The molecule has 17 nitrogen and oxygen atoms in total. The van der Waals surface area contributed by atoms with Crippen LogP contribution in [-0.2, 0) is 48.7 Å². The highest BCUT2D eigenvalue weighted by atomic mass is 31.2. The molecule has 0 aromatic carbocycles. The van der Waals surface area contributed by atoms with E-state index in [1.807, 2.05) is 0 Å². The first-order valence-corrected chi connectivity index (χ1v) is 14.3. The van der Waals surface area contributed by atoms with Crippen LogP contribution in [0.5, 0.6) is 0 Å². The number of hydrogen-bond acceptors (Lipinski definition) is 14. The number of carbonyl (C=O) groups excluding carboxylic acids is 2. The van der Waals surface area contributed by atoms with Gasteiger partial charge in [-0.3, -0.25) is 37.5 Å². The zero-order valence-corrected chi connectivity index (χ0v) is 25.5. The van der Waals surface area contributed by atoms with Crippen LogP contribution in [0, 0.1) is 10.8 Å². The third-order valence-corrected chi connectivity index (χ3v) is 6.93. The van der Waals surface area contributed by atoms with Crippen molar-refractivity contribution in [3.05, 3.63) is 39.3 Å². The summed E-state index contributed by atoms with van der Waals surface area (Å²) >= 11 is 0. The maximum Gasteiger partial charge on any atom is 0.388 e. The lowest BCUT2D eigenvalue weighted by atomic mass is 9.98. The first kappa shape index (κ1) is 35.0. The summed E-state index contributed by atoms with van der Waals surface area (Å²) in [6, 6.07) is 1.13. The quantitative estimate of drug-likeness (QED) is 0.156. The molecule has 0 fully saturated rings. The number of carbonyl (C=O) groups is 2. The van der Waals surface area contributed by atoms with E-state index in [4.69, 9.17) is 28.0 Å². The lowest BCUT2D eigenvalue weighted by Gasteiger charge is -2.24. The molecule has 2 aromatic rings. The van der Waals surface area contributed by atoms with Crippen LogP contribution in [0.25, 0.3) is 0 Å². The number of H-pyrrole nitrogens is 1. The van der Waals surface area contributed by atoms with Gasteiger partial charge in [0.2, 0.25) is 13.6 Å². The van der Waals surface area contributed by atoms with E-state index in [9.17, 15) is 28.8 Å². The molecule has 0 aliphatic carbocycles. The highest BCUT2D eigenvalue weighted by Gasteiger charge is 2.35. The van der Waals surface area contributed by atoms with Crippen molar-refractivity contribution in [3.8, 4) is 0 Å². The van der Waals surface area contributed by atoms with Gasteiger partial charge in [-0.15, -0.1) is 5.10 Å². The second kappa shape index (κ2) is 14.8. The van der Waals surface area contributed by atoms with Gasteiger partial charge in [0.15, 0.2) is 11.7 Å². The van der Waals surface area contributed by atoms with Crippen LogP contribution in [0.2, 0.25) is 0 Å². The van der Waals surface area contributed by atoms with Crippen LogP contribution in [0.3, 0.4) is 0 Å². The number of methoxy groups -OCH3 is 1. The predicted octanol–water partition coefficient (Wildman–Crippen LogP) is 0.296. The number of aliphatic hydroxyl groups is 1. The number of nitrogens with one attached hydrogen (secondary N) is 1. The zero-order chi connectivity index (χ0) is 31.7. The summed E-state index contributed by atoms with van der Waals surface area (Å²) in [6.07, 6.45) is 0.380. The van der Waals surface area contributed by atoms with Crippen molar-refractivity contribution in [2.24, 2.45) is 10.8 Å². The molecule has 0 saturated heterocycles. The summed E-state index contributed by atoms with van der Waals surface area (Å²) in [4.78, 5) is 50.0. The standard InChI is InChI=1S/C24H38N5O12P/c1-23(2,3)20(32)37-14-39-42(35,40-15-38-21(33)24(4,5)6)18-11-28(27-26-18)10-16(12-30)41-19(13-36-7)29-9-8-17(31)25-22(29)34/h8-9,11,16,19,30H,10,12-15H2,1-7H3,(H,25,31,34)/t16-,19-/m1/s1. The Morgan fingerprint density at radius 2 is 1.62 bits per heavy atom. The van der Waals surface area contributed by atoms with E-state index in [1.165, 1.54) is 19.5 Å². The fourth-order valence-electron chi connectivity index (χ4n) is 2.96. The molecule has 42 heavy (non-hydrogen) atoms. The Hall–Kier alpha value is -3.21. The molecule has 0 aliphatic rings. The van der Waals surface area contributed by atoms with Crippen molar-refractivity contribution < 1.29 is 47.3 Å². The molecule has 0 aliphatic heterocycles. The van der Waals surface area contributed by atoms with E-state index < -0.39 is 74.1 Å². The molecule has 2 aromatic heterocycles. The highest BCUT2D eigenvalue weighted by molar-refractivity contribution is 7.61. The first-order valence-electron chi connectivity index (χ1n) is 12.7. The largest absolute Gasteiger partial charge is 0.438 e. The van der Waals surface area contributed by atoms with Gasteiger partial charge in [0, 0.05) is 19.4 Å². The van der Waals surface area contributed by atoms with Gasteiger partial charge in [-0.2, -0.15) is 0 Å². The fraction of sp³-hybridized carbons (Fsp3) is 0.667. The van der Waals surface area contributed by atoms with Crippen LogP contribution in [-0.4, -0.2) is 81.6 Å². The predicted molar refractivity (Wildman–Crippen MR) is 144 cm³/mol. The minimum Gasteiger partial charge on any atom is -0.438 e. The summed E-state index contributed by atoms with van der Waals surface area (Å²) < 4.78 is 47.5. The van der Waals surface area contributed by atoms with Gasteiger partial charge in [0.1, 0.15) is 6.10 Å². The Labute approximate surface area is 241 Å². The number of aliphatic hydroxyl groups excluding tert-OH is 1. The third kappa shape index (κ3) is 10.3. The van der Waals surface area contributed by atoms with E-state index >= 15 is 0 Å². The second-order valence-corrected chi connectivity index (χ2v) is 13.0. The lowest BCUT2D eigenvalue weighted by molar-refractivity contribution is -0.161. The van der Waals surface area contributed by atoms with E-state index in [-0.39, 0.29) is 18.6 Å². The summed E-state index contributed by atoms with van der Waals surface area (Å²) in [6.45, 7) is 7.39. The number of rotatable bonds is 15. The molecule has 2 rings (SSSR count). The minimum atomic E-state index is -4.37. The third-order valence-electron chi connectivity index (χ3n) is 5.27. The van der Waals surface area contributed by atoms with Crippen LogP contribution < -0.4 is 16.7 Å². The zero-order valence-electron chi connectivity index (χ0n) is 24.6. The van der Waals surface area contributed by atoms with Crippen LogP contribution >= 0.6 is 7.60 Å². The molecule has 2 N–H and O–H groups in total. The summed E-state index contributed by atoms with van der Waals surface area (Å²) in [5, 5.41) is 17.6. The number of esters is 2. The smallest absolute Gasteiger partial charge is 0.388 e. The molecule has 2 heterocycles. The van der Waals surface area contributed by atoms with E-state index in [1.54, 1.807) is 41.5 Å². The van der Waals surface area contributed by atoms with Gasteiger partial charge in [0.25, 0.3) is 5.56 Å². The Morgan fingerprint density at radius 1 is 1.05 bits per heavy atom. The Kier molecular flexibility index (Phi) is 12.3. The molecule has 0 bridgehead atoms. The monoisotopic (exact) mass is 619 g/mol. The Bertz CT molecular complexity index is 1320. The average molecular weight is 620 g/mol. The molecule has 0 unspecified atom stereocenters. The van der Waals surface area contributed by atoms with Gasteiger partial charge in [0.05, 0.1) is 36.8 Å². The molecular formula is C24H38N5O12P. The van der Waals surface area contributed by atoms with Crippen LogP contribution in [0.15, 0.2) is 28.0 Å². The maximum absolute atomic E-state index is 13.7. The first-order chi connectivity index (χ1) is 19.5. The van der Waals surface area contributed by atoms with Crippen molar-refractivity contribution in [1.82, 2.24) is 24.5 Å². The van der Waals surface area contributed by atoms with E-state index in [0.717, 1.165) is 15.3 Å². The van der Waals surface area contributed by atoms with Gasteiger partial charge >= 0.3 is 25.2 Å². The SMILES string of the molecule is COC[C@@H](O[C@@H](CO)Cn1cc(P(=O)(OCOC(=O)C(C)(C)C)OCOC(=O)C(C)(C)C)nn1)n1ccc(=O)[nH]c1=O. The van der Waals surface area contributed by atoms with Gasteiger partial charge in [-0.1, -0.05) is 5.21 Å². The highest BCUT2D eigenvalue weighted by Crippen LogP contribution is 2.46. The second-order valence-electron chi connectivity index (χ2n) is 11.0.